The van der Waals surface area contributed by atoms with Crippen LogP contribution in [0, 0.1) is 0 Å². The Morgan fingerprint density at radius 3 is 2.57 bits per heavy atom. The molecule has 1 amide bonds. The molecule has 0 spiro atoms. The summed E-state index contributed by atoms with van der Waals surface area (Å²) in [5.74, 6) is 1.68. The highest BCUT2D eigenvalue weighted by Crippen LogP contribution is 2.33. The van der Waals surface area contributed by atoms with Crippen LogP contribution in [0.25, 0.3) is 5.69 Å². The molecule has 0 unspecified atom stereocenters. The van der Waals surface area contributed by atoms with Crippen LogP contribution in [-0.2, 0) is 11.2 Å². The molecule has 0 aliphatic heterocycles. The number of carbonyl (C=O) groups is 2. The van der Waals surface area contributed by atoms with Gasteiger partial charge in [0.15, 0.2) is 10.9 Å². The quantitative estimate of drug-likeness (QED) is 0.205. The van der Waals surface area contributed by atoms with E-state index in [0.29, 0.717) is 29.1 Å². The van der Waals surface area contributed by atoms with Crippen LogP contribution in [-0.4, -0.2) is 38.8 Å². The molecule has 0 atom stereocenters. The summed E-state index contributed by atoms with van der Waals surface area (Å²) in [6, 6.07) is 15.7. The summed E-state index contributed by atoms with van der Waals surface area (Å²) >= 11 is 7.62. The number of thioether (sulfide) groups is 1. The summed E-state index contributed by atoms with van der Waals surface area (Å²) in [5.41, 5.74) is 2.92. The molecule has 1 heterocycles. The van der Waals surface area contributed by atoms with Crippen LogP contribution in [0.3, 0.4) is 0 Å². The third-order valence-corrected chi connectivity index (χ3v) is 7.52. The monoisotopic (exact) mass is 510 g/mol. The van der Waals surface area contributed by atoms with Crippen LogP contribution in [0.15, 0.2) is 53.7 Å². The summed E-state index contributed by atoms with van der Waals surface area (Å²) in [6.45, 7) is 2.07. The van der Waals surface area contributed by atoms with Crippen LogP contribution < -0.4 is 5.32 Å². The van der Waals surface area contributed by atoms with E-state index in [2.05, 4.69) is 27.6 Å². The fourth-order valence-electron chi connectivity index (χ4n) is 4.53. The van der Waals surface area contributed by atoms with Crippen molar-refractivity contribution in [2.45, 2.75) is 62.9 Å². The molecule has 0 saturated heterocycles. The molecule has 1 N–H and O–H groups in total. The Hall–Kier alpha value is -2.64. The highest BCUT2D eigenvalue weighted by molar-refractivity contribution is 7.99. The molecule has 0 bridgehead atoms. The van der Waals surface area contributed by atoms with Crippen molar-refractivity contribution in [2.75, 3.05) is 12.3 Å². The first-order chi connectivity index (χ1) is 17.0. The molecule has 2 aromatic carbocycles. The van der Waals surface area contributed by atoms with Gasteiger partial charge in [-0.25, -0.2) is 0 Å². The number of benzene rings is 2. The van der Waals surface area contributed by atoms with Gasteiger partial charge in [-0.2, -0.15) is 0 Å². The third-order valence-electron chi connectivity index (χ3n) is 6.36. The fourth-order valence-corrected chi connectivity index (χ4v) is 5.58. The number of aryl methyl sites for hydroxylation is 1. The predicted octanol–water partition coefficient (Wildman–Crippen LogP) is 6.01. The largest absolute Gasteiger partial charge is 0.356 e. The summed E-state index contributed by atoms with van der Waals surface area (Å²) in [7, 11) is 0. The van der Waals surface area contributed by atoms with Gasteiger partial charge in [0.05, 0.1) is 11.4 Å². The second-order valence-corrected chi connectivity index (χ2v) is 10.3. The lowest BCUT2D eigenvalue weighted by Gasteiger charge is -2.22. The maximum atomic E-state index is 12.9. The lowest BCUT2D eigenvalue weighted by atomic mass is 9.84. The SMILES string of the molecule is CC(=O)NCCCc1nnc(SCC(=O)c2ccc(C3CCCCC3)cc2)n1-c1cccc(Cl)c1. The summed E-state index contributed by atoms with van der Waals surface area (Å²) in [6.07, 6.45) is 7.78. The van der Waals surface area contributed by atoms with Crippen LogP contribution in [0.1, 0.15) is 73.1 Å². The Bertz CT molecular complexity index is 1160. The van der Waals surface area contributed by atoms with E-state index in [1.807, 2.05) is 41.0 Å². The second-order valence-electron chi connectivity index (χ2n) is 8.97. The maximum Gasteiger partial charge on any atom is 0.216 e. The first kappa shape index (κ1) is 25.5. The van der Waals surface area contributed by atoms with Gasteiger partial charge in [-0.1, -0.05) is 73.0 Å². The molecular weight excluding hydrogens is 480 g/mol. The summed E-state index contributed by atoms with van der Waals surface area (Å²) in [4.78, 5) is 24.1. The van der Waals surface area contributed by atoms with E-state index in [-0.39, 0.29) is 17.4 Å². The van der Waals surface area contributed by atoms with Gasteiger partial charge in [-0.15, -0.1) is 10.2 Å². The number of nitrogens with one attached hydrogen (secondary N) is 1. The van der Waals surface area contributed by atoms with Crippen molar-refractivity contribution in [3.63, 3.8) is 0 Å². The molecule has 6 nitrogen and oxygen atoms in total. The minimum atomic E-state index is -0.0529. The Balaban J connectivity index is 1.45. The van der Waals surface area contributed by atoms with Crippen LogP contribution in [0.5, 0.6) is 0 Å². The number of rotatable bonds is 10. The lowest BCUT2D eigenvalue weighted by Crippen LogP contribution is -2.21. The van der Waals surface area contributed by atoms with Crippen LogP contribution >= 0.6 is 23.4 Å². The van der Waals surface area contributed by atoms with E-state index in [1.54, 1.807) is 0 Å². The van der Waals surface area contributed by atoms with E-state index < -0.39 is 0 Å². The van der Waals surface area contributed by atoms with Gasteiger partial charge >= 0.3 is 0 Å². The number of hydrogen-bond acceptors (Lipinski definition) is 5. The third kappa shape index (κ3) is 6.95. The highest BCUT2D eigenvalue weighted by Gasteiger charge is 2.18. The first-order valence-electron chi connectivity index (χ1n) is 12.2. The van der Waals surface area contributed by atoms with Gasteiger partial charge < -0.3 is 5.32 Å². The van der Waals surface area contributed by atoms with E-state index in [4.69, 9.17) is 11.6 Å². The zero-order valence-electron chi connectivity index (χ0n) is 20.0. The molecule has 8 heteroatoms. The van der Waals surface area contributed by atoms with E-state index in [9.17, 15) is 9.59 Å². The highest BCUT2D eigenvalue weighted by atomic mass is 35.5. The normalized spacial score (nSPS) is 14.1. The van der Waals surface area contributed by atoms with Crippen molar-refractivity contribution in [1.82, 2.24) is 20.1 Å². The number of halogens is 1. The van der Waals surface area contributed by atoms with Crippen molar-refractivity contribution in [1.29, 1.82) is 0 Å². The molecule has 3 aromatic rings. The Morgan fingerprint density at radius 2 is 1.86 bits per heavy atom. The van der Waals surface area contributed by atoms with Gasteiger partial charge in [-0.3, -0.25) is 14.2 Å². The average molecular weight is 511 g/mol. The molecule has 1 fully saturated rings. The molecule has 1 saturated carbocycles. The second kappa shape index (κ2) is 12.4. The number of aromatic nitrogens is 3. The molecule has 0 radical (unpaired) electrons. The molecular formula is C27H31ClN4O2S. The summed E-state index contributed by atoms with van der Waals surface area (Å²) in [5, 5.41) is 12.8. The first-order valence-corrected chi connectivity index (χ1v) is 13.6. The molecule has 35 heavy (non-hydrogen) atoms. The average Bonchev–Trinajstić information content (AvgIpc) is 3.28. The van der Waals surface area contributed by atoms with E-state index >= 15 is 0 Å². The number of carbonyl (C=O) groups excluding carboxylic acids is 2. The van der Waals surface area contributed by atoms with Gasteiger partial charge in [-0.05, 0) is 48.9 Å². The standard InChI is InChI=1S/C27H31ClN4O2S/c1-19(33)29-16-6-11-26-30-31-27(32(26)24-10-5-9-23(28)17-24)35-18-25(34)22-14-12-21(13-15-22)20-7-3-2-4-8-20/h5,9-10,12-15,17,20H,2-4,6-8,11,16,18H2,1H3,(H,29,33). The zero-order chi connectivity index (χ0) is 24.6. The van der Waals surface area contributed by atoms with E-state index in [0.717, 1.165) is 23.5 Å². The Labute approximate surface area is 215 Å². The van der Waals surface area contributed by atoms with Crippen molar-refractivity contribution < 1.29 is 9.59 Å². The molecule has 1 aliphatic carbocycles. The van der Waals surface area contributed by atoms with Gasteiger partial charge in [0.25, 0.3) is 0 Å². The van der Waals surface area contributed by atoms with Crippen molar-refractivity contribution in [3.8, 4) is 5.69 Å². The van der Waals surface area contributed by atoms with Crippen molar-refractivity contribution in [2.24, 2.45) is 0 Å². The topological polar surface area (TPSA) is 76.9 Å². The van der Waals surface area contributed by atoms with Crippen molar-refractivity contribution in [3.05, 3.63) is 70.5 Å². The van der Waals surface area contributed by atoms with E-state index in [1.165, 1.54) is 56.4 Å². The molecule has 1 aromatic heterocycles. The smallest absolute Gasteiger partial charge is 0.216 e. The van der Waals surface area contributed by atoms with Crippen molar-refractivity contribution >= 4 is 35.1 Å². The summed E-state index contributed by atoms with van der Waals surface area (Å²) < 4.78 is 1.95. The van der Waals surface area contributed by atoms with Gasteiger partial charge in [0, 0.05) is 30.5 Å². The number of ketones is 1. The zero-order valence-corrected chi connectivity index (χ0v) is 21.6. The number of nitrogens with zero attached hydrogens (tertiary/aromatic N) is 3. The van der Waals surface area contributed by atoms with Gasteiger partial charge in [0.1, 0.15) is 5.82 Å². The molecule has 4 rings (SSSR count). The number of hydrogen-bond donors (Lipinski definition) is 1. The maximum absolute atomic E-state index is 12.9. The number of Topliss-reactive ketones (excluding diaryl/α,β-unsaturated/α-hetero) is 1. The Kier molecular flexibility index (Phi) is 8.99. The molecule has 184 valence electrons. The fraction of sp³-hybridized carbons (Fsp3) is 0.407. The van der Waals surface area contributed by atoms with Crippen LogP contribution in [0.2, 0.25) is 5.02 Å². The Morgan fingerprint density at radius 1 is 1.09 bits per heavy atom. The minimum absolute atomic E-state index is 0.0529. The lowest BCUT2D eigenvalue weighted by molar-refractivity contribution is -0.118. The van der Waals surface area contributed by atoms with Crippen LogP contribution in [0.4, 0.5) is 0 Å². The minimum Gasteiger partial charge on any atom is -0.356 e. The number of amides is 1. The molecule has 1 aliphatic rings. The predicted molar refractivity (Wildman–Crippen MR) is 141 cm³/mol. The van der Waals surface area contributed by atoms with Gasteiger partial charge in [0.2, 0.25) is 5.91 Å².